The smallest absolute Gasteiger partial charge is 0.341 e. The Balaban J connectivity index is 1.88. The molecule has 2 aromatic rings. The summed E-state index contributed by atoms with van der Waals surface area (Å²) in [5, 5.41) is 2.66. The van der Waals surface area contributed by atoms with Gasteiger partial charge in [-0.2, -0.15) is 0 Å². The van der Waals surface area contributed by atoms with E-state index in [9.17, 15) is 18.4 Å². The van der Waals surface area contributed by atoms with Gasteiger partial charge in [-0.05, 0) is 36.8 Å². The zero-order chi connectivity index (χ0) is 17.7. The predicted octanol–water partition coefficient (Wildman–Crippen LogP) is 3.76. The van der Waals surface area contributed by atoms with Crippen molar-refractivity contribution in [2.75, 3.05) is 6.61 Å². The molecular formula is C17H14BrF2NO3. The molecule has 4 nitrogen and oxygen atoms in total. The lowest BCUT2D eigenvalue weighted by Crippen LogP contribution is -2.31. The summed E-state index contributed by atoms with van der Waals surface area (Å²) >= 11 is 3.32. The Kier molecular flexibility index (Phi) is 6.03. The molecule has 1 N–H and O–H groups in total. The zero-order valence-electron chi connectivity index (χ0n) is 12.7. The molecule has 24 heavy (non-hydrogen) atoms. The Hall–Kier alpha value is -2.28. The second kappa shape index (κ2) is 8.01. The minimum absolute atomic E-state index is 0.285. The third kappa shape index (κ3) is 4.86. The fourth-order valence-electron chi connectivity index (χ4n) is 1.98. The summed E-state index contributed by atoms with van der Waals surface area (Å²) in [7, 11) is 0. The van der Waals surface area contributed by atoms with Gasteiger partial charge >= 0.3 is 5.97 Å². The molecule has 0 saturated carbocycles. The van der Waals surface area contributed by atoms with Gasteiger partial charge in [0.25, 0.3) is 5.91 Å². The lowest BCUT2D eigenvalue weighted by atomic mass is 10.1. The molecule has 0 saturated heterocycles. The maximum atomic E-state index is 13.4. The number of halogens is 3. The number of benzene rings is 2. The highest BCUT2D eigenvalue weighted by Crippen LogP contribution is 2.16. The highest BCUT2D eigenvalue weighted by atomic mass is 79.9. The van der Waals surface area contributed by atoms with Gasteiger partial charge in [0.1, 0.15) is 11.6 Å². The summed E-state index contributed by atoms with van der Waals surface area (Å²) in [6.07, 6.45) is 0. The maximum Gasteiger partial charge on any atom is 0.341 e. The number of hydrogen-bond acceptors (Lipinski definition) is 3. The van der Waals surface area contributed by atoms with E-state index >= 15 is 0 Å². The van der Waals surface area contributed by atoms with Gasteiger partial charge in [-0.1, -0.05) is 28.1 Å². The van der Waals surface area contributed by atoms with Crippen LogP contribution in [0.2, 0.25) is 0 Å². The van der Waals surface area contributed by atoms with Crippen LogP contribution in [0.3, 0.4) is 0 Å². The number of nitrogens with one attached hydrogen (secondary N) is 1. The summed E-state index contributed by atoms with van der Waals surface area (Å²) in [5.74, 6) is -3.39. The van der Waals surface area contributed by atoms with E-state index in [-0.39, 0.29) is 6.04 Å². The third-order valence-electron chi connectivity index (χ3n) is 3.23. The first kappa shape index (κ1) is 18.1. The molecule has 0 spiro atoms. The molecule has 0 aliphatic heterocycles. The highest BCUT2D eigenvalue weighted by molar-refractivity contribution is 9.10. The first-order valence-electron chi connectivity index (χ1n) is 7.04. The van der Waals surface area contributed by atoms with E-state index in [1.165, 1.54) is 0 Å². The number of rotatable bonds is 5. The van der Waals surface area contributed by atoms with Crippen molar-refractivity contribution >= 4 is 27.8 Å². The van der Waals surface area contributed by atoms with Crippen LogP contribution < -0.4 is 5.32 Å². The van der Waals surface area contributed by atoms with Gasteiger partial charge < -0.3 is 10.1 Å². The molecule has 0 heterocycles. The van der Waals surface area contributed by atoms with Gasteiger partial charge in [0.05, 0.1) is 11.6 Å². The number of carbonyl (C=O) groups excluding carboxylic acids is 2. The number of hydrogen-bond donors (Lipinski definition) is 1. The normalized spacial score (nSPS) is 11.7. The van der Waals surface area contributed by atoms with Crippen molar-refractivity contribution in [1.29, 1.82) is 0 Å². The summed E-state index contributed by atoms with van der Waals surface area (Å²) in [6, 6.07) is 9.57. The SMILES string of the molecule is C[C@@H](NC(=O)COC(=O)c1ccc(F)cc1F)c1ccc(Br)cc1. The number of esters is 1. The molecule has 2 rings (SSSR count). The first-order valence-corrected chi connectivity index (χ1v) is 7.83. The van der Waals surface area contributed by atoms with Crippen molar-refractivity contribution in [2.24, 2.45) is 0 Å². The van der Waals surface area contributed by atoms with Crippen LogP contribution in [0.5, 0.6) is 0 Å². The second-order valence-electron chi connectivity index (χ2n) is 5.04. The Bertz CT molecular complexity index is 750. The molecule has 0 fully saturated rings. The van der Waals surface area contributed by atoms with E-state index in [1.807, 2.05) is 24.3 Å². The molecule has 0 radical (unpaired) electrons. The van der Waals surface area contributed by atoms with Crippen LogP contribution in [0.1, 0.15) is 28.9 Å². The summed E-state index contributed by atoms with van der Waals surface area (Å²) in [4.78, 5) is 23.5. The third-order valence-corrected chi connectivity index (χ3v) is 3.76. The standard InChI is InChI=1S/C17H14BrF2NO3/c1-10(11-2-4-12(18)5-3-11)21-16(22)9-24-17(23)14-7-6-13(19)8-15(14)20/h2-8,10H,9H2,1H3,(H,21,22)/t10-/m1/s1. The lowest BCUT2D eigenvalue weighted by Gasteiger charge is -2.14. The minimum Gasteiger partial charge on any atom is -0.452 e. The molecule has 2 aromatic carbocycles. The van der Waals surface area contributed by atoms with Gasteiger partial charge in [0, 0.05) is 10.5 Å². The fourth-order valence-corrected chi connectivity index (χ4v) is 2.25. The maximum absolute atomic E-state index is 13.4. The summed E-state index contributed by atoms with van der Waals surface area (Å²) in [6.45, 7) is 1.22. The highest BCUT2D eigenvalue weighted by Gasteiger charge is 2.16. The average Bonchev–Trinajstić information content (AvgIpc) is 2.53. The molecule has 0 aliphatic carbocycles. The molecule has 0 aromatic heterocycles. The van der Waals surface area contributed by atoms with Crippen molar-refractivity contribution < 1.29 is 23.1 Å². The van der Waals surface area contributed by atoms with E-state index < -0.39 is 35.7 Å². The Morgan fingerprint density at radius 2 is 1.83 bits per heavy atom. The number of amides is 1. The molecule has 0 bridgehead atoms. The van der Waals surface area contributed by atoms with Crippen LogP contribution in [0.4, 0.5) is 8.78 Å². The Labute approximate surface area is 145 Å². The van der Waals surface area contributed by atoms with Gasteiger partial charge in [-0.15, -0.1) is 0 Å². The first-order chi connectivity index (χ1) is 11.4. The van der Waals surface area contributed by atoms with Crippen molar-refractivity contribution in [2.45, 2.75) is 13.0 Å². The molecule has 0 unspecified atom stereocenters. The molecular weight excluding hydrogens is 384 g/mol. The zero-order valence-corrected chi connectivity index (χ0v) is 14.3. The van der Waals surface area contributed by atoms with E-state index in [2.05, 4.69) is 21.2 Å². The number of carbonyl (C=O) groups is 2. The van der Waals surface area contributed by atoms with Crippen molar-refractivity contribution in [1.82, 2.24) is 5.32 Å². The van der Waals surface area contributed by atoms with E-state index in [1.54, 1.807) is 6.92 Å². The topological polar surface area (TPSA) is 55.4 Å². The van der Waals surface area contributed by atoms with Crippen LogP contribution >= 0.6 is 15.9 Å². The van der Waals surface area contributed by atoms with Crippen molar-refractivity contribution in [3.05, 3.63) is 69.7 Å². The molecule has 1 amide bonds. The summed E-state index contributed by atoms with van der Waals surface area (Å²) < 4.78 is 31.9. The molecule has 7 heteroatoms. The fraction of sp³-hybridized carbons (Fsp3) is 0.176. The van der Waals surface area contributed by atoms with Crippen LogP contribution in [0.25, 0.3) is 0 Å². The minimum atomic E-state index is -1.04. The van der Waals surface area contributed by atoms with Crippen LogP contribution in [-0.4, -0.2) is 18.5 Å². The lowest BCUT2D eigenvalue weighted by molar-refractivity contribution is -0.124. The van der Waals surface area contributed by atoms with E-state index in [0.29, 0.717) is 6.07 Å². The van der Waals surface area contributed by atoms with E-state index in [0.717, 1.165) is 22.2 Å². The Morgan fingerprint density at radius 1 is 1.17 bits per heavy atom. The van der Waals surface area contributed by atoms with Crippen LogP contribution in [-0.2, 0) is 9.53 Å². The summed E-state index contributed by atoms with van der Waals surface area (Å²) in [5.41, 5.74) is 0.451. The van der Waals surface area contributed by atoms with Gasteiger partial charge in [-0.25, -0.2) is 13.6 Å². The van der Waals surface area contributed by atoms with Crippen LogP contribution in [0, 0.1) is 11.6 Å². The molecule has 1 atom stereocenters. The van der Waals surface area contributed by atoms with Gasteiger partial charge in [0.15, 0.2) is 6.61 Å². The Morgan fingerprint density at radius 3 is 2.46 bits per heavy atom. The average molecular weight is 398 g/mol. The molecule has 126 valence electrons. The largest absolute Gasteiger partial charge is 0.452 e. The van der Waals surface area contributed by atoms with Gasteiger partial charge in [-0.3, -0.25) is 4.79 Å². The van der Waals surface area contributed by atoms with Crippen molar-refractivity contribution in [3.63, 3.8) is 0 Å². The van der Waals surface area contributed by atoms with Crippen molar-refractivity contribution in [3.8, 4) is 0 Å². The quantitative estimate of drug-likeness (QED) is 0.781. The predicted molar refractivity (Wildman–Crippen MR) is 87.3 cm³/mol. The monoisotopic (exact) mass is 397 g/mol. The molecule has 0 aliphatic rings. The van der Waals surface area contributed by atoms with E-state index in [4.69, 9.17) is 4.74 Å². The van der Waals surface area contributed by atoms with Crippen LogP contribution in [0.15, 0.2) is 46.9 Å². The number of ether oxygens (including phenoxy) is 1. The second-order valence-corrected chi connectivity index (χ2v) is 5.96. The van der Waals surface area contributed by atoms with Gasteiger partial charge in [0.2, 0.25) is 0 Å².